The second-order valence-corrected chi connectivity index (χ2v) is 8.19. The molecule has 8 heteroatoms. The summed E-state index contributed by atoms with van der Waals surface area (Å²) < 4.78 is 15.7. The van der Waals surface area contributed by atoms with Crippen LogP contribution in [0.15, 0.2) is 18.2 Å². The molecular weight excluding hydrogens is 376 g/mol. The van der Waals surface area contributed by atoms with E-state index in [9.17, 15) is 14.4 Å². The van der Waals surface area contributed by atoms with Gasteiger partial charge in [-0.05, 0) is 43.7 Å². The number of rotatable bonds is 4. The molecule has 2 amide bonds. The fourth-order valence-corrected chi connectivity index (χ4v) is 4.35. The van der Waals surface area contributed by atoms with Gasteiger partial charge in [-0.25, -0.2) is 4.79 Å². The molecule has 2 heterocycles. The van der Waals surface area contributed by atoms with Crippen LogP contribution < -0.4 is 19.7 Å². The molecule has 29 heavy (non-hydrogen) atoms. The molecular formula is C21H26N2O6. The van der Waals surface area contributed by atoms with Gasteiger partial charge in [-0.2, -0.15) is 0 Å². The number of carbonyl (C=O) groups excluding carboxylic acids is 3. The van der Waals surface area contributed by atoms with Crippen molar-refractivity contribution in [1.29, 1.82) is 0 Å². The Morgan fingerprint density at radius 1 is 1.21 bits per heavy atom. The number of anilines is 1. The summed E-state index contributed by atoms with van der Waals surface area (Å²) in [4.78, 5) is 39.6. The van der Waals surface area contributed by atoms with Crippen molar-refractivity contribution in [2.75, 3.05) is 25.3 Å². The summed E-state index contributed by atoms with van der Waals surface area (Å²) in [5.74, 6) is 0.406. The molecule has 0 bridgehead atoms. The van der Waals surface area contributed by atoms with Crippen molar-refractivity contribution >= 4 is 23.5 Å². The molecule has 0 spiro atoms. The van der Waals surface area contributed by atoms with Crippen LogP contribution in [-0.2, 0) is 19.1 Å². The number of hydrogen-bond donors (Lipinski definition) is 1. The number of esters is 1. The van der Waals surface area contributed by atoms with Gasteiger partial charge in [0, 0.05) is 24.7 Å². The van der Waals surface area contributed by atoms with Gasteiger partial charge in [0.2, 0.25) is 18.6 Å². The van der Waals surface area contributed by atoms with Gasteiger partial charge in [0.05, 0.1) is 13.0 Å². The Morgan fingerprint density at radius 3 is 2.66 bits per heavy atom. The van der Waals surface area contributed by atoms with E-state index in [1.165, 1.54) is 7.11 Å². The van der Waals surface area contributed by atoms with E-state index in [-0.39, 0.29) is 31.6 Å². The lowest BCUT2D eigenvalue weighted by atomic mass is 9.76. The first-order valence-electron chi connectivity index (χ1n) is 10.0. The number of methoxy groups -OCH3 is 1. The summed E-state index contributed by atoms with van der Waals surface area (Å²) in [7, 11) is 1.34. The Kier molecular flexibility index (Phi) is 5.10. The molecule has 1 aromatic rings. The van der Waals surface area contributed by atoms with Crippen LogP contribution in [0.4, 0.5) is 5.69 Å². The molecule has 2 aliphatic heterocycles. The first-order chi connectivity index (χ1) is 13.9. The first-order valence-corrected chi connectivity index (χ1v) is 10.0. The third-order valence-corrected chi connectivity index (χ3v) is 6.23. The fraction of sp³-hybridized carbons (Fsp3) is 0.571. The van der Waals surface area contributed by atoms with Gasteiger partial charge in [-0.3, -0.25) is 9.59 Å². The van der Waals surface area contributed by atoms with Crippen molar-refractivity contribution in [2.45, 2.75) is 44.6 Å². The molecule has 0 aromatic heterocycles. The third kappa shape index (κ3) is 3.63. The minimum atomic E-state index is -0.993. The molecule has 1 N–H and O–H groups in total. The highest BCUT2D eigenvalue weighted by atomic mass is 16.7. The number of benzene rings is 1. The summed E-state index contributed by atoms with van der Waals surface area (Å²) in [6.07, 6.45) is 2.91. The van der Waals surface area contributed by atoms with Crippen molar-refractivity contribution in [3.05, 3.63) is 18.2 Å². The number of ether oxygens (including phenoxy) is 3. The van der Waals surface area contributed by atoms with Crippen molar-refractivity contribution in [3.8, 4) is 11.5 Å². The molecule has 1 aliphatic carbocycles. The first kappa shape index (κ1) is 19.5. The highest BCUT2D eigenvalue weighted by Crippen LogP contribution is 2.38. The minimum absolute atomic E-state index is 0.105. The van der Waals surface area contributed by atoms with Crippen molar-refractivity contribution in [3.63, 3.8) is 0 Å². The predicted octanol–water partition coefficient (Wildman–Crippen LogP) is 2.01. The average molecular weight is 402 g/mol. The molecule has 3 aliphatic rings. The fourth-order valence-electron chi connectivity index (χ4n) is 4.35. The van der Waals surface area contributed by atoms with Gasteiger partial charge in [0.1, 0.15) is 5.54 Å². The van der Waals surface area contributed by atoms with E-state index >= 15 is 0 Å². The Balaban J connectivity index is 1.46. The summed E-state index contributed by atoms with van der Waals surface area (Å²) >= 11 is 0. The lowest BCUT2D eigenvalue weighted by Gasteiger charge is -2.38. The summed E-state index contributed by atoms with van der Waals surface area (Å²) in [5, 5.41) is 2.94. The van der Waals surface area contributed by atoms with Crippen molar-refractivity contribution < 1.29 is 28.6 Å². The van der Waals surface area contributed by atoms with Crippen LogP contribution in [0.25, 0.3) is 0 Å². The molecule has 0 unspecified atom stereocenters. The number of nitrogens with zero attached hydrogens (tertiary/aromatic N) is 1. The Labute approximate surface area is 169 Å². The number of carbonyl (C=O) groups is 3. The highest BCUT2D eigenvalue weighted by molar-refractivity contribution is 6.01. The molecule has 1 atom stereocenters. The van der Waals surface area contributed by atoms with Crippen molar-refractivity contribution in [2.24, 2.45) is 11.8 Å². The van der Waals surface area contributed by atoms with Crippen LogP contribution in [0, 0.1) is 11.8 Å². The standard InChI is InChI=1S/C21H26N2O6/c1-13-5-7-21(8-6-13,20(26)27-2)22-19(25)14-9-18(24)23(11-14)15-3-4-16-17(10-15)29-12-28-16/h3-4,10,13-14H,5-9,11-12H2,1-2H3,(H,22,25)/t13?,14-,21?/m1/s1. The van der Waals surface area contributed by atoms with Crippen LogP contribution in [0.2, 0.25) is 0 Å². The molecule has 8 nitrogen and oxygen atoms in total. The van der Waals surface area contributed by atoms with E-state index in [1.807, 2.05) is 0 Å². The van der Waals surface area contributed by atoms with Crippen LogP contribution in [0.1, 0.15) is 39.0 Å². The Hall–Kier alpha value is -2.77. The zero-order valence-electron chi connectivity index (χ0n) is 16.7. The second kappa shape index (κ2) is 7.57. The number of nitrogens with one attached hydrogen (secondary N) is 1. The van der Waals surface area contributed by atoms with E-state index in [4.69, 9.17) is 14.2 Å². The predicted molar refractivity (Wildman–Crippen MR) is 104 cm³/mol. The largest absolute Gasteiger partial charge is 0.467 e. The SMILES string of the molecule is COC(=O)C1(NC(=O)[C@@H]2CC(=O)N(c3ccc4c(c3)OCO4)C2)CCC(C)CC1. The molecule has 0 radical (unpaired) electrons. The highest BCUT2D eigenvalue weighted by Gasteiger charge is 2.46. The summed E-state index contributed by atoms with van der Waals surface area (Å²) in [6, 6.07) is 5.29. The number of hydrogen-bond acceptors (Lipinski definition) is 6. The van der Waals surface area contributed by atoms with E-state index in [0.29, 0.717) is 35.9 Å². The topological polar surface area (TPSA) is 94.2 Å². The Bertz CT molecular complexity index is 830. The average Bonchev–Trinajstić information content (AvgIpc) is 3.35. The molecule has 156 valence electrons. The summed E-state index contributed by atoms with van der Waals surface area (Å²) in [5.41, 5.74) is -0.322. The maximum Gasteiger partial charge on any atom is 0.331 e. The normalized spacial score (nSPS) is 28.3. The van der Waals surface area contributed by atoms with Crippen molar-refractivity contribution in [1.82, 2.24) is 5.32 Å². The Morgan fingerprint density at radius 2 is 1.93 bits per heavy atom. The number of fused-ring (bicyclic) bond motifs is 1. The van der Waals surface area contributed by atoms with E-state index in [0.717, 1.165) is 12.8 Å². The molecule has 1 saturated carbocycles. The zero-order chi connectivity index (χ0) is 20.6. The van der Waals surface area contributed by atoms with Gasteiger partial charge < -0.3 is 24.4 Å². The monoisotopic (exact) mass is 402 g/mol. The number of amides is 2. The lowest BCUT2D eigenvalue weighted by molar-refractivity contribution is -0.153. The van der Waals surface area contributed by atoms with Gasteiger partial charge in [-0.1, -0.05) is 6.92 Å². The third-order valence-electron chi connectivity index (χ3n) is 6.23. The van der Waals surface area contributed by atoms with Gasteiger partial charge in [0.15, 0.2) is 11.5 Å². The quantitative estimate of drug-likeness (QED) is 0.775. The minimum Gasteiger partial charge on any atom is -0.467 e. The summed E-state index contributed by atoms with van der Waals surface area (Å²) in [6.45, 7) is 2.56. The van der Waals surface area contributed by atoms with E-state index < -0.39 is 17.4 Å². The van der Waals surface area contributed by atoms with Gasteiger partial charge >= 0.3 is 5.97 Å². The molecule has 1 saturated heterocycles. The van der Waals surface area contributed by atoms with Crippen LogP contribution in [-0.4, -0.2) is 43.8 Å². The van der Waals surface area contributed by atoms with Gasteiger partial charge in [-0.15, -0.1) is 0 Å². The molecule has 1 aromatic carbocycles. The maximum absolute atomic E-state index is 13.0. The van der Waals surface area contributed by atoms with Crippen LogP contribution in [0.3, 0.4) is 0 Å². The van der Waals surface area contributed by atoms with Crippen LogP contribution in [0.5, 0.6) is 11.5 Å². The second-order valence-electron chi connectivity index (χ2n) is 8.19. The maximum atomic E-state index is 13.0. The van der Waals surface area contributed by atoms with Gasteiger partial charge in [0.25, 0.3) is 0 Å². The molecule has 4 rings (SSSR count). The van der Waals surface area contributed by atoms with E-state index in [2.05, 4.69) is 12.2 Å². The van der Waals surface area contributed by atoms with Crippen LogP contribution >= 0.6 is 0 Å². The lowest BCUT2D eigenvalue weighted by Crippen LogP contribution is -2.58. The smallest absolute Gasteiger partial charge is 0.331 e. The zero-order valence-corrected chi connectivity index (χ0v) is 16.7. The molecule has 2 fully saturated rings. The van der Waals surface area contributed by atoms with E-state index in [1.54, 1.807) is 23.1 Å².